The Morgan fingerprint density at radius 3 is 2.36 bits per heavy atom. The van der Waals surface area contributed by atoms with Crippen LogP contribution in [0.1, 0.15) is 10.5 Å². The van der Waals surface area contributed by atoms with E-state index in [0.29, 0.717) is 11.4 Å². The maximum atomic E-state index is 12.1. The fraction of sp³-hybridized carbons (Fsp3) is 0.0952. The van der Waals surface area contributed by atoms with E-state index in [4.69, 9.17) is 9.47 Å². The number of hydrogen-bond acceptors (Lipinski definition) is 6. The van der Waals surface area contributed by atoms with Crippen LogP contribution in [0.2, 0.25) is 0 Å². The van der Waals surface area contributed by atoms with Gasteiger partial charge >= 0.3 is 5.97 Å². The molecule has 7 nitrogen and oxygen atoms in total. The number of ether oxygens (including phenoxy) is 3. The second-order valence-corrected chi connectivity index (χ2v) is 5.62. The van der Waals surface area contributed by atoms with Crippen LogP contribution in [-0.2, 0) is 9.53 Å². The van der Waals surface area contributed by atoms with Gasteiger partial charge in [0.2, 0.25) is 0 Å². The molecule has 0 aliphatic heterocycles. The third-order valence-electron chi connectivity index (χ3n) is 3.63. The molecular formula is C21H18N2O5. The zero-order chi connectivity index (χ0) is 19.8. The van der Waals surface area contributed by atoms with E-state index in [1.807, 2.05) is 30.3 Å². The number of anilines is 1. The van der Waals surface area contributed by atoms with Crippen molar-refractivity contribution in [2.24, 2.45) is 0 Å². The van der Waals surface area contributed by atoms with Gasteiger partial charge in [-0.05, 0) is 48.5 Å². The van der Waals surface area contributed by atoms with Gasteiger partial charge in [0.05, 0.1) is 7.11 Å². The highest BCUT2D eigenvalue weighted by molar-refractivity contribution is 5.93. The number of amides is 1. The Labute approximate surface area is 161 Å². The minimum absolute atomic E-state index is 0.0141. The Morgan fingerprint density at radius 1 is 0.929 bits per heavy atom. The summed E-state index contributed by atoms with van der Waals surface area (Å²) in [5, 5.41) is 2.71. The number of pyridine rings is 1. The lowest BCUT2D eigenvalue weighted by Crippen LogP contribution is -2.21. The summed E-state index contributed by atoms with van der Waals surface area (Å²) >= 11 is 0. The molecule has 0 bridgehead atoms. The van der Waals surface area contributed by atoms with E-state index < -0.39 is 5.97 Å². The molecule has 0 radical (unpaired) electrons. The summed E-state index contributed by atoms with van der Waals surface area (Å²) in [5.41, 5.74) is 0.605. The molecule has 0 unspecified atom stereocenters. The summed E-state index contributed by atoms with van der Waals surface area (Å²) in [6.45, 7) is -0.280. The molecule has 0 saturated carbocycles. The van der Waals surface area contributed by atoms with Crippen LogP contribution in [0.15, 0.2) is 72.9 Å². The topological polar surface area (TPSA) is 86.8 Å². The maximum absolute atomic E-state index is 12.1. The Morgan fingerprint density at radius 2 is 1.64 bits per heavy atom. The highest BCUT2D eigenvalue weighted by Crippen LogP contribution is 2.22. The molecule has 0 spiro atoms. The van der Waals surface area contributed by atoms with E-state index in [0.717, 1.165) is 5.75 Å². The number of carbonyl (C=O) groups excluding carboxylic acids is 2. The average molecular weight is 378 g/mol. The number of carbonyl (C=O) groups is 2. The van der Waals surface area contributed by atoms with Gasteiger partial charge in [0.15, 0.2) is 18.1 Å². The lowest BCUT2D eigenvalue weighted by molar-refractivity contribution is -0.118. The van der Waals surface area contributed by atoms with E-state index in [2.05, 4.69) is 15.0 Å². The van der Waals surface area contributed by atoms with Crippen LogP contribution in [0.3, 0.4) is 0 Å². The first-order valence-corrected chi connectivity index (χ1v) is 8.44. The van der Waals surface area contributed by atoms with Gasteiger partial charge in [-0.3, -0.25) is 4.79 Å². The molecule has 142 valence electrons. The van der Waals surface area contributed by atoms with E-state index in [1.165, 1.54) is 13.3 Å². The van der Waals surface area contributed by atoms with E-state index in [-0.39, 0.29) is 24.0 Å². The zero-order valence-electron chi connectivity index (χ0n) is 15.1. The van der Waals surface area contributed by atoms with Crippen molar-refractivity contribution < 1.29 is 23.8 Å². The molecule has 0 fully saturated rings. The predicted molar refractivity (Wildman–Crippen MR) is 103 cm³/mol. The standard InChI is InChI=1S/C21H18N2O5/c1-26-21(25)20-18(8-5-13-22-20)27-14-19(24)23-15-9-11-17(12-10-15)28-16-6-3-2-4-7-16/h2-13H,14H2,1H3,(H,23,24). The first kappa shape index (κ1) is 18.9. The summed E-state index contributed by atoms with van der Waals surface area (Å²) in [6.07, 6.45) is 1.44. The van der Waals surface area contributed by atoms with Gasteiger partial charge in [-0.1, -0.05) is 18.2 Å². The average Bonchev–Trinajstić information content (AvgIpc) is 2.74. The van der Waals surface area contributed by atoms with Crippen molar-refractivity contribution in [2.45, 2.75) is 0 Å². The fourth-order valence-corrected chi connectivity index (χ4v) is 2.33. The van der Waals surface area contributed by atoms with Crippen LogP contribution >= 0.6 is 0 Å². The number of hydrogen-bond donors (Lipinski definition) is 1. The van der Waals surface area contributed by atoms with E-state index in [1.54, 1.807) is 36.4 Å². The minimum atomic E-state index is -0.634. The summed E-state index contributed by atoms with van der Waals surface area (Å²) in [6, 6.07) is 19.5. The summed E-state index contributed by atoms with van der Waals surface area (Å²) < 4.78 is 15.7. The predicted octanol–water partition coefficient (Wildman–Crippen LogP) is 3.68. The molecular weight excluding hydrogens is 360 g/mol. The van der Waals surface area contributed by atoms with Crippen LogP contribution in [0, 0.1) is 0 Å². The molecule has 0 atom stereocenters. The number of esters is 1. The Balaban J connectivity index is 1.55. The number of aromatic nitrogens is 1. The number of benzene rings is 2. The first-order chi connectivity index (χ1) is 13.7. The number of methoxy groups -OCH3 is 1. The lowest BCUT2D eigenvalue weighted by atomic mass is 10.3. The monoisotopic (exact) mass is 378 g/mol. The molecule has 7 heteroatoms. The lowest BCUT2D eigenvalue weighted by Gasteiger charge is -2.10. The molecule has 1 N–H and O–H groups in total. The summed E-state index contributed by atoms with van der Waals surface area (Å²) in [4.78, 5) is 27.7. The van der Waals surface area contributed by atoms with Gasteiger partial charge in [0.1, 0.15) is 11.5 Å². The fourth-order valence-electron chi connectivity index (χ4n) is 2.33. The van der Waals surface area contributed by atoms with Crippen molar-refractivity contribution in [1.29, 1.82) is 0 Å². The first-order valence-electron chi connectivity index (χ1n) is 8.44. The highest BCUT2D eigenvalue weighted by atomic mass is 16.5. The van der Waals surface area contributed by atoms with Crippen LogP contribution < -0.4 is 14.8 Å². The number of rotatable bonds is 7. The van der Waals surface area contributed by atoms with Crippen LogP contribution in [0.25, 0.3) is 0 Å². The van der Waals surface area contributed by atoms with Gasteiger partial charge in [-0.15, -0.1) is 0 Å². The van der Waals surface area contributed by atoms with Crippen molar-refractivity contribution in [3.05, 3.63) is 78.6 Å². The molecule has 1 aromatic heterocycles. The maximum Gasteiger partial charge on any atom is 0.360 e. The van der Waals surface area contributed by atoms with Gasteiger partial charge in [0.25, 0.3) is 5.91 Å². The normalized spacial score (nSPS) is 10.0. The van der Waals surface area contributed by atoms with Gasteiger partial charge in [-0.2, -0.15) is 0 Å². The second kappa shape index (κ2) is 9.18. The number of nitrogens with one attached hydrogen (secondary N) is 1. The minimum Gasteiger partial charge on any atom is -0.481 e. The number of para-hydroxylation sites is 1. The summed E-state index contributed by atoms with van der Waals surface area (Å²) in [7, 11) is 1.25. The van der Waals surface area contributed by atoms with Crippen molar-refractivity contribution in [1.82, 2.24) is 4.98 Å². The smallest absolute Gasteiger partial charge is 0.360 e. The highest BCUT2D eigenvalue weighted by Gasteiger charge is 2.15. The molecule has 1 heterocycles. The molecule has 3 aromatic rings. The van der Waals surface area contributed by atoms with Crippen molar-refractivity contribution in [2.75, 3.05) is 19.0 Å². The van der Waals surface area contributed by atoms with Gasteiger partial charge < -0.3 is 19.5 Å². The molecule has 2 aromatic carbocycles. The van der Waals surface area contributed by atoms with Crippen molar-refractivity contribution >= 4 is 17.6 Å². The molecule has 1 amide bonds. The van der Waals surface area contributed by atoms with Gasteiger partial charge in [-0.25, -0.2) is 9.78 Å². The third kappa shape index (κ3) is 5.07. The Hall–Kier alpha value is -3.87. The second-order valence-electron chi connectivity index (χ2n) is 5.62. The molecule has 0 aliphatic rings. The zero-order valence-corrected chi connectivity index (χ0v) is 15.1. The van der Waals surface area contributed by atoms with E-state index in [9.17, 15) is 9.59 Å². The molecule has 0 saturated heterocycles. The SMILES string of the molecule is COC(=O)c1ncccc1OCC(=O)Nc1ccc(Oc2ccccc2)cc1. The summed E-state index contributed by atoms with van der Waals surface area (Å²) in [5.74, 6) is 0.543. The molecule has 28 heavy (non-hydrogen) atoms. The van der Waals surface area contributed by atoms with Crippen molar-refractivity contribution in [3.63, 3.8) is 0 Å². The molecule has 3 rings (SSSR count). The van der Waals surface area contributed by atoms with E-state index >= 15 is 0 Å². The third-order valence-corrected chi connectivity index (χ3v) is 3.63. The van der Waals surface area contributed by atoms with Crippen LogP contribution in [0.4, 0.5) is 5.69 Å². The Bertz CT molecular complexity index is 943. The van der Waals surface area contributed by atoms with Crippen molar-refractivity contribution in [3.8, 4) is 17.2 Å². The number of nitrogens with zero attached hydrogens (tertiary/aromatic N) is 1. The Kier molecular flexibility index (Phi) is 6.20. The largest absolute Gasteiger partial charge is 0.481 e. The molecule has 0 aliphatic carbocycles. The van der Waals surface area contributed by atoms with Crippen LogP contribution in [0.5, 0.6) is 17.2 Å². The quantitative estimate of drug-likeness (QED) is 0.631. The van der Waals surface area contributed by atoms with Gasteiger partial charge in [0, 0.05) is 11.9 Å². The van der Waals surface area contributed by atoms with Crippen LogP contribution in [-0.4, -0.2) is 30.6 Å².